The molecule has 0 unspecified atom stereocenters. The number of nitrogen functional groups attached to an aromatic ring is 1. The highest BCUT2D eigenvalue weighted by molar-refractivity contribution is 7.91. The van der Waals surface area contributed by atoms with Crippen LogP contribution in [0.3, 0.4) is 0 Å². The molecule has 0 bridgehead atoms. The Kier molecular flexibility index (Phi) is 5.25. The number of aliphatic hydroxyl groups is 1. The van der Waals surface area contributed by atoms with Crippen molar-refractivity contribution in [2.45, 2.75) is 23.6 Å². The molecule has 17 heavy (non-hydrogen) atoms. The van der Waals surface area contributed by atoms with Gasteiger partial charge < -0.3 is 10.8 Å². The molecule has 0 amide bonds. The third-order valence-corrected chi connectivity index (χ3v) is 5.14. The van der Waals surface area contributed by atoms with Gasteiger partial charge in [-0.1, -0.05) is 11.3 Å². The van der Waals surface area contributed by atoms with E-state index in [9.17, 15) is 8.42 Å². The van der Waals surface area contributed by atoms with Gasteiger partial charge in [0.1, 0.15) is 0 Å². The molecule has 9 heteroatoms. The molecule has 0 radical (unpaired) electrons. The topological polar surface area (TPSA) is 109 Å². The summed E-state index contributed by atoms with van der Waals surface area (Å²) in [4.78, 5) is 0. The van der Waals surface area contributed by atoms with E-state index in [0.29, 0.717) is 19.4 Å². The molecule has 0 saturated carbocycles. The lowest BCUT2D eigenvalue weighted by Gasteiger charge is -2.14. The summed E-state index contributed by atoms with van der Waals surface area (Å²) in [6.45, 7) is 0.519. The molecule has 1 aromatic rings. The first-order valence-electron chi connectivity index (χ1n) is 5.14. The van der Waals surface area contributed by atoms with E-state index in [4.69, 9.17) is 10.8 Å². The van der Waals surface area contributed by atoms with Crippen LogP contribution in [0, 0.1) is 0 Å². The van der Waals surface area contributed by atoms with Crippen molar-refractivity contribution in [1.29, 1.82) is 0 Å². The highest BCUT2D eigenvalue weighted by Crippen LogP contribution is 2.20. The lowest BCUT2D eigenvalue weighted by molar-refractivity contribution is 0.281. The Morgan fingerprint density at radius 2 is 2.06 bits per heavy atom. The normalized spacial score (nSPS) is 12.2. The van der Waals surface area contributed by atoms with E-state index in [-0.39, 0.29) is 16.1 Å². The van der Waals surface area contributed by atoms with E-state index in [1.54, 1.807) is 0 Å². The van der Waals surface area contributed by atoms with Gasteiger partial charge >= 0.3 is 0 Å². The van der Waals surface area contributed by atoms with Crippen LogP contribution in [0.2, 0.25) is 0 Å². The average molecular weight is 280 g/mol. The van der Waals surface area contributed by atoms with Crippen molar-refractivity contribution in [2.75, 3.05) is 25.9 Å². The Labute approximate surface area is 104 Å². The molecule has 0 aromatic carbocycles. The van der Waals surface area contributed by atoms with Gasteiger partial charge in [0.15, 0.2) is 0 Å². The molecule has 7 nitrogen and oxygen atoms in total. The second-order valence-electron chi connectivity index (χ2n) is 3.52. The zero-order valence-corrected chi connectivity index (χ0v) is 11.2. The summed E-state index contributed by atoms with van der Waals surface area (Å²) in [5.41, 5.74) is 5.35. The second kappa shape index (κ2) is 6.24. The monoisotopic (exact) mass is 280 g/mol. The SMILES string of the molecule is CN(CCCCCO)S(=O)(=O)c1nnc(N)s1. The summed E-state index contributed by atoms with van der Waals surface area (Å²) >= 11 is 0.853. The second-order valence-corrected chi connectivity index (χ2v) is 6.74. The Balaban J connectivity index is 2.58. The minimum absolute atomic E-state index is 0.0836. The van der Waals surface area contributed by atoms with Crippen LogP contribution >= 0.6 is 11.3 Å². The molecule has 0 atom stereocenters. The van der Waals surface area contributed by atoms with E-state index in [2.05, 4.69) is 10.2 Å². The molecule has 0 aliphatic heterocycles. The summed E-state index contributed by atoms with van der Waals surface area (Å²) in [5, 5.41) is 15.8. The van der Waals surface area contributed by atoms with Gasteiger partial charge in [0.25, 0.3) is 10.0 Å². The Morgan fingerprint density at radius 3 is 2.59 bits per heavy atom. The summed E-state index contributed by atoms with van der Waals surface area (Å²) < 4.78 is 25.0. The number of rotatable bonds is 7. The van der Waals surface area contributed by atoms with E-state index in [1.165, 1.54) is 11.4 Å². The van der Waals surface area contributed by atoms with Crippen LogP contribution in [0.25, 0.3) is 0 Å². The zero-order valence-electron chi connectivity index (χ0n) is 9.53. The van der Waals surface area contributed by atoms with E-state index >= 15 is 0 Å². The number of anilines is 1. The van der Waals surface area contributed by atoms with E-state index in [0.717, 1.165) is 17.8 Å². The van der Waals surface area contributed by atoms with Crippen molar-refractivity contribution in [3.05, 3.63) is 0 Å². The van der Waals surface area contributed by atoms with Crippen LogP contribution in [0.4, 0.5) is 5.13 Å². The number of aliphatic hydroxyl groups excluding tert-OH is 1. The molecular formula is C8H16N4O3S2. The molecule has 1 rings (SSSR count). The fourth-order valence-corrected chi connectivity index (χ4v) is 3.38. The van der Waals surface area contributed by atoms with Crippen LogP contribution in [0.1, 0.15) is 19.3 Å². The van der Waals surface area contributed by atoms with Gasteiger partial charge in [0.05, 0.1) is 0 Å². The molecular weight excluding hydrogens is 264 g/mol. The minimum Gasteiger partial charge on any atom is -0.396 e. The van der Waals surface area contributed by atoms with Gasteiger partial charge in [0.2, 0.25) is 9.47 Å². The third-order valence-electron chi connectivity index (χ3n) is 2.18. The van der Waals surface area contributed by atoms with Gasteiger partial charge in [-0.15, -0.1) is 10.2 Å². The summed E-state index contributed by atoms with van der Waals surface area (Å²) in [5.74, 6) is 0. The van der Waals surface area contributed by atoms with Crippen molar-refractivity contribution < 1.29 is 13.5 Å². The smallest absolute Gasteiger partial charge is 0.272 e. The predicted molar refractivity (Wildman–Crippen MR) is 65.1 cm³/mol. The van der Waals surface area contributed by atoms with Gasteiger partial charge in [0, 0.05) is 20.2 Å². The Morgan fingerprint density at radius 1 is 1.35 bits per heavy atom. The zero-order chi connectivity index (χ0) is 12.9. The molecule has 0 aliphatic carbocycles. The van der Waals surface area contributed by atoms with Gasteiger partial charge in [-0.3, -0.25) is 0 Å². The maximum absolute atomic E-state index is 11.9. The number of nitrogens with zero attached hydrogens (tertiary/aromatic N) is 3. The molecule has 98 valence electrons. The van der Waals surface area contributed by atoms with Crippen LogP contribution in [0.5, 0.6) is 0 Å². The van der Waals surface area contributed by atoms with Crippen molar-refractivity contribution in [3.8, 4) is 0 Å². The predicted octanol–water partition coefficient (Wildman–Crippen LogP) is -0.0966. The number of nitrogens with two attached hydrogens (primary N) is 1. The standard InChI is InChI=1S/C8H16N4O3S2/c1-12(5-3-2-4-6-13)17(14,15)8-11-10-7(9)16-8/h13H,2-6H2,1H3,(H2,9,10). The highest BCUT2D eigenvalue weighted by atomic mass is 32.2. The first-order valence-corrected chi connectivity index (χ1v) is 7.40. The van der Waals surface area contributed by atoms with E-state index < -0.39 is 10.0 Å². The Hall–Kier alpha value is -0.770. The fraction of sp³-hybridized carbons (Fsp3) is 0.750. The lowest BCUT2D eigenvalue weighted by atomic mass is 10.2. The third kappa shape index (κ3) is 3.87. The van der Waals surface area contributed by atoms with Crippen molar-refractivity contribution >= 4 is 26.5 Å². The first kappa shape index (κ1) is 14.3. The largest absolute Gasteiger partial charge is 0.396 e. The molecule has 1 heterocycles. The number of sulfonamides is 1. The molecule has 0 aliphatic rings. The average Bonchev–Trinajstić information content (AvgIpc) is 2.71. The number of hydrogen-bond donors (Lipinski definition) is 2. The van der Waals surface area contributed by atoms with Gasteiger partial charge in [-0.2, -0.15) is 4.31 Å². The van der Waals surface area contributed by atoms with Crippen LogP contribution in [-0.2, 0) is 10.0 Å². The lowest BCUT2D eigenvalue weighted by Crippen LogP contribution is -2.28. The molecule has 1 aromatic heterocycles. The molecule has 3 N–H and O–H groups in total. The number of hydrogen-bond acceptors (Lipinski definition) is 7. The Bertz CT molecular complexity index is 445. The van der Waals surface area contributed by atoms with Crippen molar-refractivity contribution in [1.82, 2.24) is 14.5 Å². The quantitative estimate of drug-likeness (QED) is 0.675. The maximum Gasteiger partial charge on any atom is 0.272 e. The van der Waals surface area contributed by atoms with Crippen LogP contribution in [0.15, 0.2) is 4.34 Å². The van der Waals surface area contributed by atoms with Crippen molar-refractivity contribution in [3.63, 3.8) is 0 Å². The molecule has 0 saturated heterocycles. The molecule has 0 fully saturated rings. The van der Waals surface area contributed by atoms with Crippen molar-refractivity contribution in [2.24, 2.45) is 0 Å². The van der Waals surface area contributed by atoms with E-state index in [1.807, 2.05) is 0 Å². The summed E-state index contributed by atoms with van der Waals surface area (Å²) in [7, 11) is -2.08. The molecule has 0 spiro atoms. The minimum atomic E-state index is -3.57. The number of aromatic nitrogens is 2. The number of unbranched alkanes of at least 4 members (excludes halogenated alkanes) is 2. The first-order chi connectivity index (χ1) is 7.98. The van der Waals surface area contributed by atoms with Gasteiger partial charge in [-0.05, 0) is 19.3 Å². The highest BCUT2D eigenvalue weighted by Gasteiger charge is 2.24. The summed E-state index contributed by atoms with van der Waals surface area (Å²) in [6, 6.07) is 0. The van der Waals surface area contributed by atoms with Gasteiger partial charge in [-0.25, -0.2) is 8.42 Å². The van der Waals surface area contributed by atoms with Crippen LogP contribution < -0.4 is 5.73 Å². The summed E-state index contributed by atoms with van der Waals surface area (Å²) in [6.07, 6.45) is 2.17. The fourth-order valence-electron chi connectivity index (χ4n) is 1.20. The maximum atomic E-state index is 11.9. The van der Waals surface area contributed by atoms with Crippen LogP contribution in [-0.4, -0.2) is 48.2 Å².